The minimum atomic E-state index is -0.812. The van der Waals surface area contributed by atoms with Gasteiger partial charge < -0.3 is 26.6 Å². The summed E-state index contributed by atoms with van der Waals surface area (Å²) < 4.78 is 0. The summed E-state index contributed by atoms with van der Waals surface area (Å²) in [6.45, 7) is 2.67. The van der Waals surface area contributed by atoms with Crippen molar-refractivity contribution in [3.63, 3.8) is 0 Å². The highest BCUT2D eigenvalue weighted by atomic mass is 32.1. The highest BCUT2D eigenvalue weighted by Gasteiger charge is 2.46. The molecule has 3 amide bonds. The Morgan fingerprint density at radius 2 is 1.98 bits per heavy atom. The molecular formula is C28H37N7O4S. The van der Waals surface area contributed by atoms with Crippen LogP contribution in [-0.4, -0.2) is 82.0 Å². The number of rotatable bonds is 12. The minimum absolute atomic E-state index is 0.0346. The number of aryl methyl sites for hydroxylation is 2. The molecule has 2 aromatic rings. The van der Waals surface area contributed by atoms with E-state index in [-0.39, 0.29) is 42.1 Å². The maximum Gasteiger partial charge on any atom is 0.243 e. The zero-order chi connectivity index (χ0) is 28.6. The SMILES string of the molecule is CCc1cnc(C(=O)C(CCCN=C(N)N)NC(=O)C2CCC3CN(C(=O)CCc4ccccc4)CC(=O)N32)s1. The largest absolute Gasteiger partial charge is 0.370 e. The van der Waals surface area contributed by atoms with Crippen molar-refractivity contribution in [3.05, 3.63) is 52.0 Å². The lowest BCUT2D eigenvalue weighted by Gasteiger charge is -2.39. The van der Waals surface area contributed by atoms with Gasteiger partial charge in [0.1, 0.15) is 6.04 Å². The fourth-order valence-electron chi connectivity index (χ4n) is 5.28. The third-order valence-corrected chi connectivity index (χ3v) is 8.52. The Morgan fingerprint density at radius 1 is 1.20 bits per heavy atom. The summed E-state index contributed by atoms with van der Waals surface area (Å²) in [6, 6.07) is 8.05. The van der Waals surface area contributed by atoms with E-state index in [1.54, 1.807) is 16.0 Å². The molecule has 0 radical (unpaired) electrons. The van der Waals surface area contributed by atoms with Gasteiger partial charge in [0.05, 0.1) is 18.6 Å². The molecule has 1 aromatic carbocycles. The molecule has 2 aliphatic rings. The fourth-order valence-corrected chi connectivity index (χ4v) is 6.13. The van der Waals surface area contributed by atoms with Crippen LogP contribution in [0, 0.1) is 0 Å². The number of fused-ring (bicyclic) bond motifs is 1. The smallest absolute Gasteiger partial charge is 0.243 e. The molecule has 11 nitrogen and oxygen atoms in total. The quantitative estimate of drug-likeness (QED) is 0.150. The number of carbonyl (C=O) groups excluding carboxylic acids is 4. The van der Waals surface area contributed by atoms with E-state index in [0.717, 1.165) is 16.9 Å². The molecule has 3 atom stereocenters. The van der Waals surface area contributed by atoms with Crippen molar-refractivity contribution >= 4 is 40.8 Å². The van der Waals surface area contributed by atoms with Gasteiger partial charge in [-0.15, -0.1) is 11.3 Å². The average molecular weight is 568 g/mol. The highest BCUT2D eigenvalue weighted by molar-refractivity contribution is 7.13. The average Bonchev–Trinajstić information content (AvgIpc) is 3.61. The van der Waals surface area contributed by atoms with Gasteiger partial charge in [-0.25, -0.2) is 4.98 Å². The van der Waals surface area contributed by atoms with Gasteiger partial charge in [0.25, 0.3) is 0 Å². The maximum absolute atomic E-state index is 13.4. The van der Waals surface area contributed by atoms with Crippen LogP contribution in [-0.2, 0) is 27.2 Å². The van der Waals surface area contributed by atoms with Crippen molar-refractivity contribution in [1.82, 2.24) is 20.1 Å². The number of amides is 3. The number of hydrogen-bond donors (Lipinski definition) is 3. The Hall–Kier alpha value is -3.80. The molecule has 4 rings (SSSR count). The second-order valence-corrected chi connectivity index (χ2v) is 11.3. The van der Waals surface area contributed by atoms with Gasteiger partial charge in [-0.1, -0.05) is 37.3 Å². The summed E-state index contributed by atoms with van der Waals surface area (Å²) in [4.78, 5) is 65.2. The van der Waals surface area contributed by atoms with Crippen molar-refractivity contribution in [3.8, 4) is 0 Å². The minimum Gasteiger partial charge on any atom is -0.370 e. The second kappa shape index (κ2) is 13.5. The number of piperazine rings is 1. The van der Waals surface area contributed by atoms with Gasteiger partial charge in [-0.2, -0.15) is 0 Å². The van der Waals surface area contributed by atoms with Crippen LogP contribution in [0.25, 0.3) is 0 Å². The van der Waals surface area contributed by atoms with Gasteiger partial charge in [0.2, 0.25) is 23.5 Å². The van der Waals surface area contributed by atoms with Crippen LogP contribution in [0.15, 0.2) is 41.5 Å². The molecule has 1 aromatic heterocycles. The van der Waals surface area contributed by atoms with Gasteiger partial charge in [-0.3, -0.25) is 24.2 Å². The lowest BCUT2D eigenvalue weighted by Crippen LogP contribution is -2.60. The van der Waals surface area contributed by atoms with E-state index in [0.29, 0.717) is 56.6 Å². The highest BCUT2D eigenvalue weighted by Crippen LogP contribution is 2.29. The molecular weight excluding hydrogens is 530 g/mol. The zero-order valence-electron chi connectivity index (χ0n) is 22.8. The van der Waals surface area contributed by atoms with Crippen molar-refractivity contribution in [1.29, 1.82) is 0 Å². The molecule has 2 saturated heterocycles. The zero-order valence-corrected chi connectivity index (χ0v) is 23.6. The number of guanidine groups is 1. The van der Waals surface area contributed by atoms with Crippen LogP contribution in [0.2, 0.25) is 0 Å². The van der Waals surface area contributed by atoms with E-state index in [1.165, 1.54) is 11.3 Å². The standard InChI is InChI=1S/C28H37N7O4S/c1-2-20-15-32-27(40-20)25(38)21(9-6-14-31-28(29)30)33-26(39)22-12-11-19-16-34(17-24(37)35(19)22)23(36)13-10-18-7-4-3-5-8-18/h3-5,7-8,15,19,21-22H,2,6,9-14,16-17H2,1H3,(H,33,39)(H4,29,30,31). The summed E-state index contributed by atoms with van der Waals surface area (Å²) in [5, 5.41) is 3.23. The van der Waals surface area contributed by atoms with E-state index in [9.17, 15) is 19.2 Å². The summed E-state index contributed by atoms with van der Waals surface area (Å²) in [5.74, 6) is -0.978. The Labute approximate surface area is 238 Å². The third-order valence-electron chi connectivity index (χ3n) is 7.36. The van der Waals surface area contributed by atoms with Crippen LogP contribution in [0.5, 0.6) is 0 Å². The number of nitrogens with one attached hydrogen (secondary N) is 1. The number of nitrogens with two attached hydrogens (primary N) is 2. The molecule has 0 saturated carbocycles. The van der Waals surface area contributed by atoms with Gasteiger partial charge in [-0.05, 0) is 44.1 Å². The first kappa shape index (κ1) is 29.2. The van der Waals surface area contributed by atoms with E-state index < -0.39 is 12.1 Å². The molecule has 0 spiro atoms. The van der Waals surface area contributed by atoms with Crippen LogP contribution in [0.4, 0.5) is 0 Å². The summed E-state index contributed by atoms with van der Waals surface area (Å²) in [7, 11) is 0. The van der Waals surface area contributed by atoms with Gasteiger partial charge in [0, 0.05) is 30.6 Å². The third kappa shape index (κ3) is 7.23. The first-order valence-electron chi connectivity index (χ1n) is 13.7. The topological polar surface area (TPSA) is 164 Å². The van der Waals surface area contributed by atoms with Crippen LogP contribution in [0.3, 0.4) is 0 Å². The summed E-state index contributed by atoms with van der Waals surface area (Å²) in [5.41, 5.74) is 11.9. The number of carbonyl (C=O) groups is 4. The number of Topliss-reactive ketones (excluding diaryl/α,β-unsaturated/α-hetero) is 1. The Morgan fingerprint density at radius 3 is 2.67 bits per heavy atom. The monoisotopic (exact) mass is 567 g/mol. The van der Waals surface area contributed by atoms with Crippen molar-refractivity contribution in [2.75, 3.05) is 19.6 Å². The molecule has 2 fully saturated rings. The number of nitrogens with zero attached hydrogens (tertiary/aromatic N) is 4. The second-order valence-electron chi connectivity index (χ2n) is 10.2. The number of hydrogen-bond acceptors (Lipinski definition) is 7. The lowest BCUT2D eigenvalue weighted by atomic mass is 10.1. The lowest BCUT2D eigenvalue weighted by molar-refractivity contribution is -0.151. The van der Waals surface area contributed by atoms with Gasteiger partial charge in [0.15, 0.2) is 11.0 Å². The Balaban J connectivity index is 1.38. The number of aromatic nitrogens is 1. The molecule has 12 heteroatoms. The van der Waals surface area contributed by atoms with Crippen molar-refractivity contribution in [2.24, 2.45) is 16.5 Å². The van der Waals surface area contributed by atoms with Crippen molar-refractivity contribution < 1.29 is 19.2 Å². The van der Waals surface area contributed by atoms with E-state index in [2.05, 4.69) is 15.3 Å². The first-order valence-corrected chi connectivity index (χ1v) is 14.6. The first-order chi connectivity index (χ1) is 19.3. The molecule has 0 aliphatic carbocycles. The number of aliphatic imine (C=N–C) groups is 1. The fraction of sp³-hybridized carbons (Fsp3) is 0.500. The number of ketones is 1. The Bertz CT molecular complexity index is 1240. The Kier molecular flexibility index (Phi) is 9.86. The summed E-state index contributed by atoms with van der Waals surface area (Å²) in [6.07, 6.45) is 5.28. The van der Waals surface area contributed by atoms with Crippen LogP contribution in [0.1, 0.15) is 59.3 Å². The van der Waals surface area contributed by atoms with Crippen LogP contribution < -0.4 is 16.8 Å². The number of thiazole rings is 1. The molecule has 3 unspecified atom stereocenters. The van der Waals surface area contributed by atoms with E-state index >= 15 is 0 Å². The molecule has 2 aliphatic heterocycles. The van der Waals surface area contributed by atoms with Crippen LogP contribution >= 0.6 is 11.3 Å². The molecule has 0 bridgehead atoms. The molecule has 3 heterocycles. The molecule has 40 heavy (non-hydrogen) atoms. The van der Waals surface area contributed by atoms with Crippen molar-refractivity contribution in [2.45, 2.75) is 70.0 Å². The van der Waals surface area contributed by atoms with Gasteiger partial charge >= 0.3 is 0 Å². The summed E-state index contributed by atoms with van der Waals surface area (Å²) >= 11 is 1.32. The van der Waals surface area contributed by atoms with E-state index in [1.807, 2.05) is 37.3 Å². The number of benzene rings is 1. The predicted octanol–water partition coefficient (Wildman–Crippen LogP) is 1.26. The molecule has 214 valence electrons. The molecule has 5 N–H and O–H groups in total. The predicted molar refractivity (Wildman–Crippen MR) is 153 cm³/mol. The normalized spacial score (nSPS) is 19.2. The maximum atomic E-state index is 13.4. The van der Waals surface area contributed by atoms with E-state index in [4.69, 9.17) is 11.5 Å².